The van der Waals surface area contributed by atoms with Gasteiger partial charge in [-0.3, -0.25) is 0 Å². The van der Waals surface area contributed by atoms with Crippen LogP contribution in [0.15, 0.2) is 29.4 Å². The summed E-state index contributed by atoms with van der Waals surface area (Å²) in [5.74, 6) is 0.516. The van der Waals surface area contributed by atoms with Gasteiger partial charge in [-0.1, -0.05) is 25.9 Å². The minimum absolute atomic E-state index is 0.0205. The molecule has 1 aromatic rings. The Balaban J connectivity index is 2.87. The van der Waals surface area contributed by atoms with E-state index < -0.39 is 11.9 Å². The number of hydrogen-bond acceptors (Lipinski definition) is 3. The zero-order valence-corrected chi connectivity index (χ0v) is 11.9. The second kappa shape index (κ2) is 6.15. The second-order valence-electron chi connectivity index (χ2n) is 5.49. The van der Waals surface area contributed by atoms with E-state index in [-0.39, 0.29) is 11.0 Å². The van der Waals surface area contributed by atoms with Crippen molar-refractivity contribution in [2.75, 3.05) is 13.7 Å². The van der Waals surface area contributed by atoms with Crippen LogP contribution in [-0.2, 0) is 4.84 Å². The summed E-state index contributed by atoms with van der Waals surface area (Å²) in [5.41, 5.74) is -1.15. The maximum absolute atomic E-state index is 12.8. The Labute approximate surface area is 116 Å². The van der Waals surface area contributed by atoms with E-state index in [1.54, 1.807) is 0 Å². The Hall–Kier alpha value is -1.72. The number of oxime groups is 1. The lowest BCUT2D eigenvalue weighted by Gasteiger charge is -2.19. The second-order valence-corrected chi connectivity index (χ2v) is 5.49. The van der Waals surface area contributed by atoms with Gasteiger partial charge in [0.05, 0.1) is 6.61 Å². The standard InChI is InChI=1S/C14H18F3NO2/c1-13(2,3)9-20-11-7-5-10(6-8-11)12(18-19-4)14(15,16)17/h5-8H,9H2,1-4H3. The largest absolute Gasteiger partial charge is 0.493 e. The number of rotatable bonds is 4. The van der Waals surface area contributed by atoms with Crippen molar-refractivity contribution in [3.63, 3.8) is 0 Å². The van der Waals surface area contributed by atoms with E-state index in [0.29, 0.717) is 12.4 Å². The Morgan fingerprint density at radius 1 is 1.10 bits per heavy atom. The molecule has 6 heteroatoms. The van der Waals surface area contributed by atoms with E-state index in [9.17, 15) is 13.2 Å². The summed E-state index contributed by atoms with van der Waals surface area (Å²) in [6, 6.07) is 5.59. The Kier molecular flexibility index (Phi) is 5.03. The lowest BCUT2D eigenvalue weighted by molar-refractivity contribution is -0.0608. The molecule has 0 aromatic heterocycles. The summed E-state index contributed by atoms with van der Waals surface area (Å²) in [5, 5.41) is 3.03. The van der Waals surface area contributed by atoms with Crippen LogP contribution in [0.1, 0.15) is 26.3 Å². The van der Waals surface area contributed by atoms with Gasteiger partial charge in [-0.15, -0.1) is 0 Å². The molecule has 0 N–H and O–H groups in total. The highest BCUT2D eigenvalue weighted by Gasteiger charge is 2.37. The summed E-state index contributed by atoms with van der Waals surface area (Å²) in [7, 11) is 1.08. The molecule has 0 aliphatic rings. The van der Waals surface area contributed by atoms with Gasteiger partial charge in [-0.2, -0.15) is 13.2 Å². The van der Waals surface area contributed by atoms with E-state index in [0.717, 1.165) is 7.11 Å². The highest BCUT2D eigenvalue weighted by atomic mass is 19.4. The third-order valence-corrected chi connectivity index (χ3v) is 2.25. The van der Waals surface area contributed by atoms with Gasteiger partial charge < -0.3 is 9.57 Å². The van der Waals surface area contributed by atoms with Gasteiger partial charge in [0.25, 0.3) is 0 Å². The third kappa shape index (κ3) is 5.11. The average molecular weight is 289 g/mol. The summed E-state index contributed by atoms with van der Waals surface area (Å²) < 4.78 is 43.8. The monoisotopic (exact) mass is 289 g/mol. The molecule has 0 amide bonds. The summed E-state index contributed by atoms with van der Waals surface area (Å²) in [4.78, 5) is 4.24. The quantitative estimate of drug-likeness (QED) is 0.619. The minimum atomic E-state index is -4.57. The van der Waals surface area contributed by atoms with Crippen LogP contribution in [0.2, 0.25) is 0 Å². The number of halogens is 3. The first kappa shape index (κ1) is 16.3. The number of alkyl halides is 3. The molecule has 0 heterocycles. The smallest absolute Gasteiger partial charge is 0.437 e. The first-order chi connectivity index (χ1) is 9.13. The van der Waals surface area contributed by atoms with Crippen LogP contribution in [0.4, 0.5) is 13.2 Å². The zero-order chi connectivity index (χ0) is 15.4. The van der Waals surface area contributed by atoms with Crippen LogP contribution in [0, 0.1) is 5.41 Å². The molecule has 0 atom stereocenters. The van der Waals surface area contributed by atoms with Crippen LogP contribution in [-0.4, -0.2) is 25.6 Å². The Morgan fingerprint density at radius 2 is 1.65 bits per heavy atom. The van der Waals surface area contributed by atoms with Crippen molar-refractivity contribution >= 4 is 5.71 Å². The van der Waals surface area contributed by atoms with Gasteiger partial charge in [0, 0.05) is 5.56 Å². The van der Waals surface area contributed by atoms with Gasteiger partial charge in [0.1, 0.15) is 12.9 Å². The van der Waals surface area contributed by atoms with E-state index >= 15 is 0 Å². The molecule has 3 nitrogen and oxygen atoms in total. The molecule has 0 aliphatic heterocycles. The molecular formula is C14H18F3NO2. The SMILES string of the molecule is CON=C(c1ccc(OCC(C)(C)C)cc1)C(F)(F)F. The van der Waals surface area contributed by atoms with E-state index in [1.807, 2.05) is 20.8 Å². The fourth-order valence-corrected chi connectivity index (χ4v) is 1.37. The molecule has 1 rings (SSSR count). The molecule has 0 aliphatic carbocycles. The van der Waals surface area contributed by atoms with Crippen molar-refractivity contribution in [3.8, 4) is 5.75 Å². The number of hydrogen-bond donors (Lipinski definition) is 0. The molecule has 1 aromatic carbocycles. The van der Waals surface area contributed by atoms with Crippen LogP contribution in [0.25, 0.3) is 0 Å². The topological polar surface area (TPSA) is 30.8 Å². The molecular weight excluding hydrogens is 271 g/mol. The number of ether oxygens (including phenoxy) is 1. The molecule has 0 fully saturated rings. The predicted molar refractivity (Wildman–Crippen MR) is 71.0 cm³/mol. The van der Waals surface area contributed by atoms with Crippen LogP contribution in [0.5, 0.6) is 5.75 Å². The lowest BCUT2D eigenvalue weighted by Crippen LogP contribution is -2.24. The Morgan fingerprint density at radius 3 is 2.05 bits per heavy atom. The maximum Gasteiger partial charge on any atom is 0.437 e. The minimum Gasteiger partial charge on any atom is -0.493 e. The fourth-order valence-electron chi connectivity index (χ4n) is 1.37. The first-order valence-corrected chi connectivity index (χ1v) is 6.05. The fraction of sp³-hybridized carbons (Fsp3) is 0.500. The van der Waals surface area contributed by atoms with Crippen molar-refractivity contribution in [1.82, 2.24) is 0 Å². The molecule has 0 saturated heterocycles. The molecule has 0 saturated carbocycles. The molecule has 20 heavy (non-hydrogen) atoms. The van der Waals surface area contributed by atoms with E-state index in [4.69, 9.17) is 4.74 Å². The maximum atomic E-state index is 12.8. The third-order valence-electron chi connectivity index (χ3n) is 2.25. The molecule has 112 valence electrons. The van der Waals surface area contributed by atoms with Crippen molar-refractivity contribution in [2.45, 2.75) is 26.9 Å². The van der Waals surface area contributed by atoms with Gasteiger partial charge >= 0.3 is 6.18 Å². The molecule has 0 radical (unpaired) electrons. The summed E-state index contributed by atoms with van der Waals surface area (Å²) in [6.07, 6.45) is -4.57. The highest BCUT2D eigenvalue weighted by molar-refractivity contribution is 6.04. The lowest BCUT2D eigenvalue weighted by atomic mass is 9.99. The molecule has 0 unspecified atom stereocenters. The van der Waals surface area contributed by atoms with Gasteiger partial charge in [0.15, 0.2) is 5.71 Å². The van der Waals surface area contributed by atoms with E-state index in [2.05, 4.69) is 9.99 Å². The number of nitrogens with zero attached hydrogens (tertiary/aromatic N) is 1. The normalized spacial score (nSPS) is 13.2. The van der Waals surface area contributed by atoms with Crippen LogP contribution >= 0.6 is 0 Å². The van der Waals surface area contributed by atoms with Crippen molar-refractivity contribution in [2.24, 2.45) is 10.6 Å². The van der Waals surface area contributed by atoms with Gasteiger partial charge in [0.2, 0.25) is 0 Å². The number of benzene rings is 1. The van der Waals surface area contributed by atoms with Gasteiger partial charge in [-0.05, 0) is 29.7 Å². The first-order valence-electron chi connectivity index (χ1n) is 6.05. The van der Waals surface area contributed by atoms with E-state index in [1.165, 1.54) is 24.3 Å². The molecule has 0 bridgehead atoms. The van der Waals surface area contributed by atoms with Gasteiger partial charge in [-0.25, -0.2) is 0 Å². The van der Waals surface area contributed by atoms with Crippen molar-refractivity contribution in [3.05, 3.63) is 29.8 Å². The molecule has 0 spiro atoms. The van der Waals surface area contributed by atoms with Crippen LogP contribution < -0.4 is 4.74 Å². The zero-order valence-electron chi connectivity index (χ0n) is 11.9. The van der Waals surface area contributed by atoms with Crippen LogP contribution in [0.3, 0.4) is 0 Å². The summed E-state index contributed by atoms with van der Waals surface area (Å²) >= 11 is 0. The average Bonchev–Trinajstić information content (AvgIpc) is 2.32. The van der Waals surface area contributed by atoms with Crippen molar-refractivity contribution in [1.29, 1.82) is 0 Å². The predicted octanol–water partition coefficient (Wildman–Crippen LogP) is 4.02. The summed E-state index contributed by atoms with van der Waals surface area (Å²) in [6.45, 7) is 6.50. The van der Waals surface area contributed by atoms with Crippen molar-refractivity contribution < 1.29 is 22.7 Å². The highest BCUT2D eigenvalue weighted by Crippen LogP contribution is 2.25. The Bertz CT molecular complexity index is 459.